The number of alkyl halides is 2. The molecule has 0 unspecified atom stereocenters. The molecule has 1 saturated carbocycles. The Hall–Kier alpha value is -1.57. The van der Waals surface area contributed by atoms with E-state index >= 15 is 0 Å². The summed E-state index contributed by atoms with van der Waals surface area (Å²) < 4.78 is 30.0. The van der Waals surface area contributed by atoms with Gasteiger partial charge in [0.25, 0.3) is 5.91 Å². The van der Waals surface area contributed by atoms with Gasteiger partial charge in [-0.25, -0.2) is 0 Å². The van der Waals surface area contributed by atoms with E-state index in [0.717, 1.165) is 37.5 Å². The largest absolute Gasteiger partial charge is 0.383 e. The van der Waals surface area contributed by atoms with E-state index in [1.807, 2.05) is 0 Å². The summed E-state index contributed by atoms with van der Waals surface area (Å²) in [5.74, 6) is -3.27. The van der Waals surface area contributed by atoms with Crippen LogP contribution in [0.25, 0.3) is 0 Å². The van der Waals surface area contributed by atoms with Crippen LogP contribution >= 0.6 is 0 Å². The smallest absolute Gasteiger partial charge is 0.352 e. The number of aromatic nitrogens is 3. The molecule has 0 radical (unpaired) electrons. The molecule has 0 spiro atoms. The second kappa shape index (κ2) is 6.74. The zero-order chi connectivity index (χ0) is 17.2. The lowest BCUT2D eigenvalue weighted by molar-refractivity contribution is -0.215. The lowest BCUT2D eigenvalue weighted by atomic mass is 9.75. The number of nitrogens with zero attached hydrogens (tertiary/aromatic N) is 3. The Morgan fingerprint density at radius 1 is 1.25 bits per heavy atom. The molecule has 1 fully saturated rings. The van der Waals surface area contributed by atoms with Gasteiger partial charge in [0, 0.05) is 25.9 Å². The summed E-state index contributed by atoms with van der Waals surface area (Å²) >= 11 is 0. The minimum Gasteiger partial charge on any atom is -0.383 e. The van der Waals surface area contributed by atoms with Crippen LogP contribution in [-0.4, -0.2) is 43.8 Å². The van der Waals surface area contributed by atoms with Crippen LogP contribution in [-0.2, 0) is 24.2 Å². The highest BCUT2D eigenvalue weighted by Crippen LogP contribution is 2.44. The van der Waals surface area contributed by atoms with Gasteiger partial charge >= 0.3 is 5.92 Å². The van der Waals surface area contributed by atoms with Crippen molar-refractivity contribution in [3.8, 4) is 0 Å². The number of nitrogens with one attached hydrogen (secondary N) is 1. The van der Waals surface area contributed by atoms with Crippen molar-refractivity contribution >= 4 is 5.91 Å². The van der Waals surface area contributed by atoms with E-state index in [1.54, 1.807) is 0 Å². The SMILES string of the molecule is O=C(NCCCc1nnc2n1CCCCC2)C(F)(F)C1(O)CCC1. The number of aryl methyl sites for hydroxylation is 2. The van der Waals surface area contributed by atoms with Crippen molar-refractivity contribution in [2.24, 2.45) is 0 Å². The van der Waals surface area contributed by atoms with Crippen LogP contribution in [0, 0.1) is 0 Å². The Kier molecular flexibility index (Phi) is 4.85. The van der Waals surface area contributed by atoms with Gasteiger partial charge in [0.05, 0.1) is 0 Å². The van der Waals surface area contributed by atoms with E-state index in [9.17, 15) is 18.7 Å². The monoisotopic (exact) mass is 342 g/mol. The maximum absolute atomic E-state index is 13.9. The number of amides is 1. The molecule has 0 aromatic carbocycles. The topological polar surface area (TPSA) is 80.0 Å². The van der Waals surface area contributed by atoms with Gasteiger partial charge in [-0.15, -0.1) is 10.2 Å². The molecule has 8 heteroatoms. The van der Waals surface area contributed by atoms with E-state index in [2.05, 4.69) is 20.1 Å². The van der Waals surface area contributed by atoms with Crippen LogP contribution in [0.4, 0.5) is 8.78 Å². The summed E-state index contributed by atoms with van der Waals surface area (Å²) in [6, 6.07) is 0. The van der Waals surface area contributed by atoms with Crippen molar-refractivity contribution < 1.29 is 18.7 Å². The number of aliphatic hydroxyl groups is 1. The summed E-state index contributed by atoms with van der Waals surface area (Å²) in [6.07, 6.45) is 5.88. The molecule has 6 nitrogen and oxygen atoms in total. The Morgan fingerprint density at radius 2 is 2.04 bits per heavy atom. The molecule has 0 atom stereocenters. The third kappa shape index (κ3) is 3.16. The molecule has 1 amide bonds. The number of halogens is 2. The van der Waals surface area contributed by atoms with Crippen molar-refractivity contribution in [1.82, 2.24) is 20.1 Å². The Balaban J connectivity index is 1.47. The minimum atomic E-state index is -3.73. The van der Waals surface area contributed by atoms with Crippen LogP contribution in [0.15, 0.2) is 0 Å². The highest BCUT2D eigenvalue weighted by Gasteiger charge is 2.60. The van der Waals surface area contributed by atoms with Gasteiger partial charge in [-0.2, -0.15) is 8.78 Å². The first-order valence-electron chi connectivity index (χ1n) is 8.73. The van der Waals surface area contributed by atoms with Gasteiger partial charge in [0.2, 0.25) is 0 Å². The van der Waals surface area contributed by atoms with Crippen LogP contribution in [0.2, 0.25) is 0 Å². The van der Waals surface area contributed by atoms with Crippen LogP contribution < -0.4 is 5.32 Å². The molecule has 0 saturated heterocycles. The zero-order valence-corrected chi connectivity index (χ0v) is 13.7. The normalized spacial score (nSPS) is 20.0. The molecule has 1 aliphatic heterocycles. The number of carbonyl (C=O) groups is 1. The summed E-state index contributed by atoms with van der Waals surface area (Å²) in [7, 11) is 0. The highest BCUT2D eigenvalue weighted by atomic mass is 19.3. The molecule has 2 aliphatic rings. The van der Waals surface area contributed by atoms with Gasteiger partial charge in [0.1, 0.15) is 17.2 Å². The lowest BCUT2D eigenvalue weighted by Crippen LogP contribution is -2.60. The zero-order valence-electron chi connectivity index (χ0n) is 13.7. The van der Waals surface area contributed by atoms with E-state index < -0.39 is 17.4 Å². The quantitative estimate of drug-likeness (QED) is 0.770. The standard InChI is InChI=1S/C16H24F2N4O2/c17-16(18,15(24)8-5-9-15)14(23)19-10-4-7-13-21-20-12-6-2-1-3-11-22(12)13/h24H,1-11H2,(H,19,23). The molecule has 0 bridgehead atoms. The fourth-order valence-electron chi connectivity index (χ4n) is 3.33. The van der Waals surface area contributed by atoms with E-state index in [1.165, 1.54) is 6.42 Å². The summed E-state index contributed by atoms with van der Waals surface area (Å²) in [5, 5.41) is 20.4. The van der Waals surface area contributed by atoms with Crippen LogP contribution in [0.3, 0.4) is 0 Å². The number of rotatable bonds is 6. The van der Waals surface area contributed by atoms with Gasteiger partial charge in [-0.3, -0.25) is 4.79 Å². The lowest BCUT2D eigenvalue weighted by Gasteiger charge is -2.41. The molecular formula is C16H24F2N4O2. The number of fused-ring (bicyclic) bond motifs is 1. The maximum atomic E-state index is 13.9. The molecule has 1 aliphatic carbocycles. The fourth-order valence-corrected chi connectivity index (χ4v) is 3.33. The maximum Gasteiger partial charge on any atom is 0.352 e. The molecule has 3 rings (SSSR count). The third-order valence-electron chi connectivity index (χ3n) is 5.10. The van der Waals surface area contributed by atoms with E-state index in [4.69, 9.17) is 0 Å². The van der Waals surface area contributed by atoms with Gasteiger partial charge < -0.3 is 15.0 Å². The molecule has 1 aromatic heterocycles. The van der Waals surface area contributed by atoms with Crippen molar-refractivity contribution in [2.75, 3.05) is 6.54 Å². The number of hydrogen-bond acceptors (Lipinski definition) is 4. The average molecular weight is 342 g/mol. The molecule has 2 heterocycles. The van der Waals surface area contributed by atoms with Gasteiger partial charge in [-0.1, -0.05) is 6.42 Å². The average Bonchev–Trinajstić information content (AvgIpc) is 2.75. The molecule has 134 valence electrons. The minimum absolute atomic E-state index is 0.0285. The highest BCUT2D eigenvalue weighted by molar-refractivity contribution is 5.85. The van der Waals surface area contributed by atoms with Crippen LogP contribution in [0.5, 0.6) is 0 Å². The van der Waals surface area contributed by atoms with E-state index in [-0.39, 0.29) is 19.4 Å². The Labute approximate surface area is 139 Å². The summed E-state index contributed by atoms with van der Waals surface area (Å²) in [5.41, 5.74) is -2.17. The number of hydrogen-bond donors (Lipinski definition) is 2. The molecule has 1 aromatic rings. The van der Waals surface area contributed by atoms with Crippen molar-refractivity contribution in [2.45, 2.75) is 75.9 Å². The van der Waals surface area contributed by atoms with Crippen molar-refractivity contribution in [3.05, 3.63) is 11.6 Å². The summed E-state index contributed by atoms with van der Waals surface area (Å²) in [4.78, 5) is 11.7. The van der Waals surface area contributed by atoms with Gasteiger partial charge in [0.15, 0.2) is 0 Å². The van der Waals surface area contributed by atoms with Gasteiger partial charge in [-0.05, 0) is 38.5 Å². The Morgan fingerprint density at radius 3 is 2.75 bits per heavy atom. The fraction of sp³-hybridized carbons (Fsp3) is 0.812. The van der Waals surface area contributed by atoms with Crippen molar-refractivity contribution in [3.63, 3.8) is 0 Å². The van der Waals surface area contributed by atoms with Crippen molar-refractivity contribution in [1.29, 1.82) is 0 Å². The first-order valence-corrected chi connectivity index (χ1v) is 8.73. The molecule has 24 heavy (non-hydrogen) atoms. The first kappa shape index (κ1) is 17.3. The summed E-state index contributed by atoms with van der Waals surface area (Å²) in [6.45, 7) is 1.03. The second-order valence-corrected chi connectivity index (χ2v) is 6.81. The number of carbonyl (C=O) groups excluding carboxylic acids is 1. The first-order chi connectivity index (χ1) is 11.4. The molecular weight excluding hydrogens is 318 g/mol. The van der Waals surface area contributed by atoms with Crippen LogP contribution in [0.1, 0.15) is 56.6 Å². The molecule has 2 N–H and O–H groups in total. The third-order valence-corrected chi connectivity index (χ3v) is 5.10. The Bertz CT molecular complexity index is 599. The van der Waals surface area contributed by atoms with E-state index in [0.29, 0.717) is 19.3 Å². The predicted octanol–water partition coefficient (Wildman–Crippen LogP) is 1.60. The second-order valence-electron chi connectivity index (χ2n) is 6.81. The predicted molar refractivity (Wildman–Crippen MR) is 82.7 cm³/mol.